The summed E-state index contributed by atoms with van der Waals surface area (Å²) in [4.78, 5) is 8.62. The predicted octanol–water partition coefficient (Wildman–Crippen LogP) is 3.24. The molecule has 4 heterocycles. The minimum absolute atomic E-state index is 0.0113. The lowest BCUT2D eigenvalue weighted by Gasteiger charge is -2.31. The Hall–Kier alpha value is -3.16. The highest BCUT2D eigenvalue weighted by molar-refractivity contribution is 7.89. The molecule has 1 N–H and O–H groups in total. The molecule has 14 heteroatoms. The molecule has 4 aromatic rings. The topological polar surface area (TPSA) is 92.5 Å². The summed E-state index contributed by atoms with van der Waals surface area (Å²) < 4.78 is 68.3. The standard InChI is InChI=1S/C24H23BClF3N6O2S/c25-18-14-32-35-22(31-13-15-2-1-7-30-12-15)11-20(33-23(18)35)16-5-8-34(9-6-16)38(36,37)21-4-3-17(10-19(21)26)24(27,28)29/h1-4,7,10-12,14,16,31H,5-6,8-9,13,25H2. The molecular formula is C24H23BClF3N6O2S. The monoisotopic (exact) mass is 562 g/mol. The van der Waals surface area contributed by atoms with Gasteiger partial charge in [-0.25, -0.2) is 13.4 Å². The van der Waals surface area contributed by atoms with E-state index in [-0.39, 0.29) is 23.9 Å². The fourth-order valence-electron chi connectivity index (χ4n) is 4.54. The Morgan fingerprint density at radius 1 is 1.13 bits per heavy atom. The molecule has 8 nitrogen and oxygen atoms in total. The second-order valence-corrected chi connectivity index (χ2v) is 11.5. The zero-order valence-corrected chi connectivity index (χ0v) is 21.9. The summed E-state index contributed by atoms with van der Waals surface area (Å²) in [6.45, 7) is 0.914. The fraction of sp³-hybridized carbons (Fsp3) is 0.292. The van der Waals surface area contributed by atoms with Gasteiger partial charge in [0, 0.05) is 55.9 Å². The third kappa shape index (κ3) is 5.22. The van der Waals surface area contributed by atoms with E-state index < -0.39 is 26.8 Å². The van der Waals surface area contributed by atoms with Crippen LogP contribution in [0.2, 0.25) is 5.02 Å². The lowest BCUT2D eigenvalue weighted by atomic mass is 9.94. The van der Waals surface area contributed by atoms with Crippen molar-refractivity contribution in [2.45, 2.75) is 36.4 Å². The summed E-state index contributed by atoms with van der Waals surface area (Å²) in [7, 11) is -2.14. The number of sulfonamides is 1. The minimum Gasteiger partial charge on any atom is -0.366 e. The van der Waals surface area contributed by atoms with E-state index in [1.807, 2.05) is 26.0 Å². The number of anilines is 1. The van der Waals surface area contributed by atoms with Crippen LogP contribution in [0.15, 0.2) is 59.9 Å². The van der Waals surface area contributed by atoms with Crippen LogP contribution in [0.3, 0.4) is 0 Å². The van der Waals surface area contributed by atoms with Crippen LogP contribution in [0.1, 0.15) is 35.6 Å². The van der Waals surface area contributed by atoms with Crippen LogP contribution < -0.4 is 10.8 Å². The summed E-state index contributed by atoms with van der Waals surface area (Å²) in [6, 6.07) is 8.06. The first-order valence-electron chi connectivity index (χ1n) is 11.9. The Morgan fingerprint density at radius 2 is 1.89 bits per heavy atom. The second-order valence-electron chi connectivity index (χ2n) is 9.17. The number of nitrogens with zero attached hydrogens (tertiary/aromatic N) is 5. The molecule has 38 heavy (non-hydrogen) atoms. The van der Waals surface area contributed by atoms with Crippen LogP contribution in [0.5, 0.6) is 0 Å². The molecule has 1 aromatic carbocycles. The molecule has 5 rings (SSSR count). The van der Waals surface area contributed by atoms with Crippen LogP contribution in [-0.2, 0) is 22.7 Å². The third-order valence-corrected chi connectivity index (χ3v) is 9.00. The van der Waals surface area contributed by atoms with Crippen LogP contribution in [0.25, 0.3) is 5.65 Å². The average Bonchev–Trinajstić information content (AvgIpc) is 3.28. The van der Waals surface area contributed by atoms with Gasteiger partial charge >= 0.3 is 6.18 Å². The normalized spacial score (nSPS) is 15.7. The number of hydrogen-bond donors (Lipinski definition) is 1. The molecular weight excluding hydrogens is 540 g/mol. The van der Waals surface area contributed by atoms with Crippen molar-refractivity contribution in [3.63, 3.8) is 0 Å². The molecule has 0 spiro atoms. The Morgan fingerprint density at radius 3 is 2.55 bits per heavy atom. The Kier molecular flexibility index (Phi) is 7.10. The minimum atomic E-state index is -4.61. The van der Waals surface area contributed by atoms with E-state index >= 15 is 0 Å². The zero-order valence-electron chi connectivity index (χ0n) is 20.3. The van der Waals surface area contributed by atoms with Gasteiger partial charge in [0.05, 0.1) is 10.6 Å². The van der Waals surface area contributed by atoms with Crippen LogP contribution in [0, 0.1) is 0 Å². The number of benzene rings is 1. The van der Waals surface area contributed by atoms with Gasteiger partial charge in [-0.2, -0.15) is 27.1 Å². The number of piperidine rings is 1. The predicted molar refractivity (Wildman–Crippen MR) is 140 cm³/mol. The van der Waals surface area contributed by atoms with E-state index in [9.17, 15) is 21.6 Å². The zero-order chi connectivity index (χ0) is 27.1. The molecule has 1 fully saturated rings. The molecule has 1 aliphatic heterocycles. The van der Waals surface area contributed by atoms with Gasteiger partial charge in [0.25, 0.3) is 0 Å². The Balaban J connectivity index is 1.34. The molecule has 0 radical (unpaired) electrons. The van der Waals surface area contributed by atoms with Gasteiger partial charge in [-0.1, -0.05) is 17.7 Å². The second kappa shape index (κ2) is 10.2. The highest BCUT2D eigenvalue weighted by atomic mass is 35.5. The quantitative estimate of drug-likeness (QED) is 0.363. The highest BCUT2D eigenvalue weighted by Crippen LogP contribution is 2.36. The fourth-order valence-corrected chi connectivity index (χ4v) is 6.53. The summed E-state index contributed by atoms with van der Waals surface area (Å²) in [5, 5.41) is 7.37. The van der Waals surface area contributed by atoms with Crippen molar-refractivity contribution in [1.29, 1.82) is 0 Å². The maximum Gasteiger partial charge on any atom is 0.416 e. The number of nitrogens with one attached hydrogen (secondary N) is 1. The number of alkyl halides is 3. The van der Waals surface area contributed by atoms with Gasteiger partial charge in [-0.3, -0.25) is 4.98 Å². The third-order valence-electron chi connectivity index (χ3n) is 6.61. The number of aromatic nitrogens is 4. The number of fused-ring (bicyclic) bond motifs is 1. The van der Waals surface area contributed by atoms with Gasteiger partial charge in [0.15, 0.2) is 5.65 Å². The molecule has 0 atom stereocenters. The van der Waals surface area contributed by atoms with E-state index in [0.717, 1.165) is 34.7 Å². The lowest BCUT2D eigenvalue weighted by Crippen LogP contribution is -2.38. The molecule has 1 saturated heterocycles. The first kappa shape index (κ1) is 26.5. The van der Waals surface area contributed by atoms with Crippen molar-refractivity contribution in [2.75, 3.05) is 18.4 Å². The molecule has 0 amide bonds. The van der Waals surface area contributed by atoms with Crippen molar-refractivity contribution in [3.8, 4) is 0 Å². The van der Waals surface area contributed by atoms with Gasteiger partial charge < -0.3 is 5.32 Å². The molecule has 0 unspecified atom stereocenters. The largest absolute Gasteiger partial charge is 0.416 e. The van der Waals surface area contributed by atoms with E-state index in [1.54, 1.807) is 23.1 Å². The van der Waals surface area contributed by atoms with Gasteiger partial charge in [-0.05, 0) is 48.1 Å². The Labute approximate surface area is 223 Å². The van der Waals surface area contributed by atoms with Crippen molar-refractivity contribution in [1.82, 2.24) is 23.9 Å². The number of halogens is 4. The van der Waals surface area contributed by atoms with E-state index in [0.29, 0.717) is 31.1 Å². The highest BCUT2D eigenvalue weighted by Gasteiger charge is 2.35. The number of hydrogen-bond acceptors (Lipinski definition) is 6. The average molecular weight is 563 g/mol. The molecule has 198 valence electrons. The first-order chi connectivity index (χ1) is 18.0. The Bertz CT molecular complexity index is 1580. The molecule has 1 aliphatic rings. The van der Waals surface area contributed by atoms with E-state index in [2.05, 4.69) is 15.4 Å². The summed E-state index contributed by atoms with van der Waals surface area (Å²) in [5.74, 6) is 0.747. The van der Waals surface area contributed by atoms with E-state index in [1.165, 1.54) is 4.31 Å². The van der Waals surface area contributed by atoms with E-state index in [4.69, 9.17) is 16.6 Å². The molecule has 0 bridgehead atoms. The summed E-state index contributed by atoms with van der Waals surface area (Å²) in [6.07, 6.45) is 1.61. The lowest BCUT2D eigenvalue weighted by molar-refractivity contribution is -0.137. The number of pyridine rings is 1. The van der Waals surface area contributed by atoms with Crippen LogP contribution in [0.4, 0.5) is 19.0 Å². The summed E-state index contributed by atoms with van der Waals surface area (Å²) >= 11 is 5.98. The summed E-state index contributed by atoms with van der Waals surface area (Å²) in [5.41, 5.74) is 2.45. The van der Waals surface area contributed by atoms with Crippen LogP contribution in [-0.4, -0.2) is 53.2 Å². The number of rotatable bonds is 6. The van der Waals surface area contributed by atoms with Crippen molar-refractivity contribution < 1.29 is 21.6 Å². The maximum atomic E-state index is 13.2. The first-order valence-corrected chi connectivity index (χ1v) is 13.7. The SMILES string of the molecule is Bc1cnn2c(NCc3cccnc3)cc(C3CCN(S(=O)(=O)c4ccc(C(F)(F)F)cc4Cl)CC3)nc12. The van der Waals surface area contributed by atoms with Crippen molar-refractivity contribution in [2.24, 2.45) is 0 Å². The molecule has 0 saturated carbocycles. The molecule has 3 aromatic heterocycles. The van der Waals surface area contributed by atoms with Gasteiger partial charge in [0.1, 0.15) is 18.6 Å². The van der Waals surface area contributed by atoms with Crippen LogP contribution >= 0.6 is 11.6 Å². The van der Waals surface area contributed by atoms with Gasteiger partial charge in [0.2, 0.25) is 10.0 Å². The van der Waals surface area contributed by atoms with Gasteiger partial charge in [-0.15, -0.1) is 0 Å². The van der Waals surface area contributed by atoms with Crippen molar-refractivity contribution in [3.05, 3.63) is 76.8 Å². The molecule has 0 aliphatic carbocycles. The van der Waals surface area contributed by atoms with Crippen molar-refractivity contribution >= 4 is 46.4 Å². The smallest absolute Gasteiger partial charge is 0.366 e. The maximum absolute atomic E-state index is 13.2.